The van der Waals surface area contributed by atoms with Crippen LogP contribution in [0.1, 0.15) is 37.3 Å². The molecule has 3 aromatic rings. The van der Waals surface area contributed by atoms with Gasteiger partial charge in [0.05, 0.1) is 33.8 Å². The molecule has 0 aliphatic heterocycles. The summed E-state index contributed by atoms with van der Waals surface area (Å²) >= 11 is 0. The highest BCUT2D eigenvalue weighted by Gasteiger charge is 2.31. The zero-order chi connectivity index (χ0) is 30.6. The van der Waals surface area contributed by atoms with E-state index in [-0.39, 0.29) is 16.4 Å². The standard InChI is InChI=1S/C31H37NO7S3/c1-2-3-17-29(20-21-42(38,39)30-18-11-6-12-19-30)32-31(33)28(24-40(34,35)22-26-13-7-4-8-14-26)25-41(36,37)23-27-15-9-5-10-16-27/h4-16,18-21,28-29H,2-3,17,22-25H2,1H3,(H,32,33)/b21-20+/t29-/m0/s1. The lowest BCUT2D eigenvalue weighted by molar-refractivity contribution is -0.124. The second kappa shape index (κ2) is 15.3. The first-order chi connectivity index (χ1) is 19.9. The molecule has 0 bridgehead atoms. The summed E-state index contributed by atoms with van der Waals surface area (Å²) in [6.07, 6.45) is 3.18. The molecule has 42 heavy (non-hydrogen) atoms. The minimum absolute atomic E-state index is 0.0960. The van der Waals surface area contributed by atoms with Gasteiger partial charge in [-0.15, -0.1) is 0 Å². The highest BCUT2D eigenvalue weighted by atomic mass is 32.2. The molecule has 0 saturated heterocycles. The van der Waals surface area contributed by atoms with Gasteiger partial charge in [-0.05, 0) is 29.7 Å². The maximum Gasteiger partial charge on any atom is 0.225 e. The van der Waals surface area contributed by atoms with E-state index >= 15 is 0 Å². The fourth-order valence-electron chi connectivity index (χ4n) is 4.41. The monoisotopic (exact) mass is 631 g/mol. The SMILES string of the molecule is CCCC[C@@H](/C=C/S(=O)(=O)c1ccccc1)NC(=O)C(CS(=O)(=O)Cc1ccccc1)CS(=O)(=O)Cc1ccccc1. The highest BCUT2D eigenvalue weighted by molar-refractivity contribution is 7.94. The quantitative estimate of drug-likeness (QED) is 0.246. The molecule has 0 radical (unpaired) electrons. The molecule has 0 aliphatic rings. The van der Waals surface area contributed by atoms with E-state index < -0.39 is 58.9 Å². The number of hydrogen-bond acceptors (Lipinski definition) is 7. The summed E-state index contributed by atoms with van der Waals surface area (Å²) < 4.78 is 78.2. The highest BCUT2D eigenvalue weighted by Crippen LogP contribution is 2.17. The largest absolute Gasteiger partial charge is 0.350 e. The number of unbranched alkanes of at least 4 members (excludes halogenated alkanes) is 1. The smallest absolute Gasteiger partial charge is 0.225 e. The average molecular weight is 632 g/mol. The Balaban J connectivity index is 1.86. The van der Waals surface area contributed by atoms with Gasteiger partial charge in [-0.1, -0.05) is 105 Å². The Kier molecular flexibility index (Phi) is 12.1. The summed E-state index contributed by atoms with van der Waals surface area (Å²) in [6, 6.07) is 24.0. The Morgan fingerprint density at radius 3 is 1.62 bits per heavy atom. The van der Waals surface area contributed by atoms with E-state index in [1.165, 1.54) is 18.2 Å². The molecule has 1 atom stereocenters. The van der Waals surface area contributed by atoms with Crippen LogP contribution in [0.4, 0.5) is 0 Å². The lowest BCUT2D eigenvalue weighted by Gasteiger charge is -2.21. The second-order valence-corrected chi connectivity index (χ2v) is 16.3. The molecule has 0 unspecified atom stereocenters. The molecule has 0 heterocycles. The fourth-order valence-corrected chi connectivity index (χ4v) is 9.06. The molecule has 0 fully saturated rings. The van der Waals surface area contributed by atoms with Crippen molar-refractivity contribution in [1.82, 2.24) is 5.32 Å². The Bertz CT molecular complexity index is 1570. The minimum atomic E-state index is -3.89. The van der Waals surface area contributed by atoms with Crippen LogP contribution in [0.5, 0.6) is 0 Å². The molecular formula is C31H37NO7S3. The van der Waals surface area contributed by atoms with Crippen LogP contribution in [-0.2, 0) is 45.8 Å². The summed E-state index contributed by atoms with van der Waals surface area (Å²) in [5.74, 6) is -4.18. The number of carbonyl (C=O) groups excluding carboxylic acids is 1. The number of carbonyl (C=O) groups is 1. The fraction of sp³-hybridized carbons (Fsp3) is 0.323. The number of rotatable bonds is 16. The van der Waals surface area contributed by atoms with Crippen molar-refractivity contribution in [3.63, 3.8) is 0 Å². The Morgan fingerprint density at radius 2 is 1.17 bits per heavy atom. The predicted octanol–water partition coefficient (Wildman–Crippen LogP) is 4.50. The maximum atomic E-state index is 13.5. The third-order valence-corrected chi connectivity index (χ3v) is 11.3. The average Bonchev–Trinajstić information content (AvgIpc) is 2.95. The van der Waals surface area contributed by atoms with Gasteiger partial charge in [0.1, 0.15) is 0 Å². The molecular weight excluding hydrogens is 595 g/mol. The van der Waals surface area contributed by atoms with Gasteiger partial charge < -0.3 is 5.32 Å². The summed E-state index contributed by atoms with van der Waals surface area (Å²) in [5, 5.41) is 3.75. The molecule has 0 spiro atoms. The zero-order valence-corrected chi connectivity index (χ0v) is 26.0. The van der Waals surface area contributed by atoms with Crippen molar-refractivity contribution in [2.75, 3.05) is 11.5 Å². The van der Waals surface area contributed by atoms with Crippen LogP contribution in [0, 0.1) is 5.92 Å². The van der Waals surface area contributed by atoms with Gasteiger partial charge in [0.15, 0.2) is 29.5 Å². The van der Waals surface area contributed by atoms with E-state index in [9.17, 15) is 30.0 Å². The zero-order valence-electron chi connectivity index (χ0n) is 23.5. The van der Waals surface area contributed by atoms with Gasteiger partial charge >= 0.3 is 0 Å². The van der Waals surface area contributed by atoms with Crippen molar-refractivity contribution in [2.24, 2.45) is 5.92 Å². The van der Waals surface area contributed by atoms with Crippen molar-refractivity contribution in [3.05, 3.63) is 114 Å². The normalized spacial score (nSPS) is 13.3. The van der Waals surface area contributed by atoms with Crippen LogP contribution >= 0.6 is 0 Å². The number of amides is 1. The number of hydrogen-bond donors (Lipinski definition) is 1. The van der Waals surface area contributed by atoms with Crippen LogP contribution in [0.15, 0.2) is 107 Å². The van der Waals surface area contributed by atoms with E-state index in [1.807, 2.05) is 6.92 Å². The molecule has 11 heteroatoms. The second-order valence-electron chi connectivity index (χ2n) is 10.2. The van der Waals surface area contributed by atoms with Crippen LogP contribution in [-0.4, -0.2) is 48.7 Å². The van der Waals surface area contributed by atoms with Crippen molar-refractivity contribution in [1.29, 1.82) is 0 Å². The first-order valence-electron chi connectivity index (χ1n) is 13.7. The number of nitrogens with one attached hydrogen (secondary N) is 1. The third kappa shape index (κ3) is 11.2. The molecule has 0 saturated carbocycles. The Hall–Kier alpha value is -3.28. The first-order valence-corrected chi connectivity index (χ1v) is 18.9. The third-order valence-electron chi connectivity index (χ3n) is 6.50. The predicted molar refractivity (Wildman–Crippen MR) is 166 cm³/mol. The summed E-state index contributed by atoms with van der Waals surface area (Å²) in [6.45, 7) is 1.94. The van der Waals surface area contributed by atoms with Crippen molar-refractivity contribution >= 4 is 35.4 Å². The lowest BCUT2D eigenvalue weighted by Crippen LogP contribution is -2.43. The van der Waals surface area contributed by atoms with Crippen LogP contribution < -0.4 is 5.32 Å². The van der Waals surface area contributed by atoms with E-state index in [2.05, 4.69) is 5.32 Å². The van der Waals surface area contributed by atoms with Crippen LogP contribution in [0.2, 0.25) is 0 Å². The first kappa shape index (κ1) is 33.2. The van der Waals surface area contributed by atoms with E-state index in [4.69, 9.17) is 0 Å². The van der Waals surface area contributed by atoms with Gasteiger partial charge in [0.25, 0.3) is 0 Å². The van der Waals surface area contributed by atoms with Gasteiger partial charge in [-0.3, -0.25) is 4.79 Å². The van der Waals surface area contributed by atoms with Gasteiger partial charge in [-0.2, -0.15) is 0 Å². The van der Waals surface area contributed by atoms with E-state index in [0.29, 0.717) is 24.0 Å². The molecule has 0 aromatic heterocycles. The Labute approximate surface area is 249 Å². The van der Waals surface area contributed by atoms with Crippen LogP contribution in [0.25, 0.3) is 0 Å². The topological polar surface area (TPSA) is 132 Å². The van der Waals surface area contributed by atoms with E-state index in [1.54, 1.807) is 78.9 Å². The molecule has 3 aromatic carbocycles. The summed E-state index contributed by atoms with van der Waals surface area (Å²) in [5.41, 5.74) is 1.05. The summed E-state index contributed by atoms with van der Waals surface area (Å²) in [4.78, 5) is 13.6. The van der Waals surface area contributed by atoms with E-state index in [0.717, 1.165) is 11.8 Å². The molecule has 226 valence electrons. The van der Waals surface area contributed by atoms with Gasteiger partial charge in [-0.25, -0.2) is 25.3 Å². The molecule has 8 nitrogen and oxygen atoms in total. The molecule has 0 aliphatic carbocycles. The molecule has 1 amide bonds. The van der Waals surface area contributed by atoms with Crippen LogP contribution in [0.3, 0.4) is 0 Å². The summed E-state index contributed by atoms with van der Waals surface area (Å²) in [7, 11) is -11.6. The maximum absolute atomic E-state index is 13.5. The minimum Gasteiger partial charge on any atom is -0.350 e. The van der Waals surface area contributed by atoms with Gasteiger partial charge in [0.2, 0.25) is 5.91 Å². The molecule has 1 N–H and O–H groups in total. The van der Waals surface area contributed by atoms with Crippen molar-refractivity contribution in [3.8, 4) is 0 Å². The van der Waals surface area contributed by atoms with Crippen molar-refractivity contribution in [2.45, 2.75) is 48.6 Å². The van der Waals surface area contributed by atoms with Gasteiger partial charge in [0, 0.05) is 11.4 Å². The molecule has 3 rings (SSSR count). The Morgan fingerprint density at radius 1 is 0.714 bits per heavy atom. The van der Waals surface area contributed by atoms with Crippen molar-refractivity contribution < 1.29 is 30.0 Å². The number of sulfone groups is 3. The lowest BCUT2D eigenvalue weighted by atomic mass is 10.1. The number of benzene rings is 3.